The standard InChI is InChI=1S/C26H26ClN3/c1-29-11-5-6-19(16-29)17-30-18-25(24-9-2-3-10-26(24)30)22-12-21(14-28-15-22)20-7-4-8-23(27)13-20/h2-4,7-10,12-15,18-19H,5-6,11,16-17H2,1H3. The van der Waals surface area contributed by atoms with Crippen LogP contribution in [0.3, 0.4) is 0 Å². The summed E-state index contributed by atoms with van der Waals surface area (Å²) in [6.07, 6.45) is 8.79. The molecule has 2 aromatic heterocycles. The Morgan fingerprint density at radius 2 is 1.87 bits per heavy atom. The lowest BCUT2D eigenvalue weighted by molar-refractivity contribution is 0.196. The summed E-state index contributed by atoms with van der Waals surface area (Å²) in [6, 6.07) is 18.9. The summed E-state index contributed by atoms with van der Waals surface area (Å²) in [5.74, 6) is 0.698. The predicted molar refractivity (Wildman–Crippen MR) is 126 cm³/mol. The van der Waals surface area contributed by atoms with Gasteiger partial charge in [-0.25, -0.2) is 0 Å². The van der Waals surface area contributed by atoms with Crippen LogP contribution in [0.4, 0.5) is 0 Å². The molecule has 1 aliphatic heterocycles. The number of nitrogens with zero attached hydrogens (tertiary/aromatic N) is 3. The second-order valence-electron chi connectivity index (χ2n) is 8.46. The number of para-hydroxylation sites is 1. The number of fused-ring (bicyclic) bond motifs is 1. The number of benzene rings is 2. The van der Waals surface area contributed by atoms with Crippen LogP contribution in [0.5, 0.6) is 0 Å². The van der Waals surface area contributed by atoms with Crippen molar-refractivity contribution in [2.24, 2.45) is 5.92 Å². The molecule has 4 aromatic rings. The SMILES string of the molecule is CN1CCCC(Cn2cc(-c3cncc(-c4cccc(Cl)c4)c3)c3ccccc32)C1. The molecule has 0 aliphatic carbocycles. The molecule has 0 saturated carbocycles. The highest BCUT2D eigenvalue weighted by Crippen LogP contribution is 2.34. The van der Waals surface area contributed by atoms with Crippen molar-refractivity contribution < 1.29 is 0 Å². The zero-order chi connectivity index (χ0) is 20.5. The fraction of sp³-hybridized carbons (Fsp3) is 0.269. The van der Waals surface area contributed by atoms with E-state index in [1.165, 1.54) is 42.4 Å². The van der Waals surface area contributed by atoms with Gasteiger partial charge in [0.1, 0.15) is 0 Å². The quantitative estimate of drug-likeness (QED) is 0.386. The molecule has 0 bridgehead atoms. The zero-order valence-electron chi connectivity index (χ0n) is 17.3. The minimum Gasteiger partial charge on any atom is -0.347 e. The largest absolute Gasteiger partial charge is 0.347 e. The van der Waals surface area contributed by atoms with Crippen LogP contribution in [0.25, 0.3) is 33.2 Å². The van der Waals surface area contributed by atoms with E-state index in [0.29, 0.717) is 5.92 Å². The maximum absolute atomic E-state index is 6.21. The molecule has 1 fully saturated rings. The number of hydrogen-bond donors (Lipinski definition) is 0. The molecule has 1 unspecified atom stereocenters. The Bertz CT molecular complexity index is 1180. The molecule has 0 amide bonds. The minimum atomic E-state index is 0.698. The number of pyridine rings is 1. The van der Waals surface area contributed by atoms with Crippen molar-refractivity contribution in [3.63, 3.8) is 0 Å². The van der Waals surface area contributed by atoms with E-state index in [2.05, 4.69) is 64.1 Å². The molecule has 0 N–H and O–H groups in total. The second-order valence-corrected chi connectivity index (χ2v) is 8.89. The van der Waals surface area contributed by atoms with Gasteiger partial charge < -0.3 is 9.47 Å². The van der Waals surface area contributed by atoms with Gasteiger partial charge in [-0.2, -0.15) is 0 Å². The average molecular weight is 416 g/mol. The lowest BCUT2D eigenvalue weighted by Crippen LogP contribution is -2.33. The van der Waals surface area contributed by atoms with Crippen LogP contribution in [0, 0.1) is 5.92 Å². The molecule has 2 aromatic carbocycles. The molecule has 0 radical (unpaired) electrons. The fourth-order valence-corrected chi connectivity index (χ4v) is 4.93. The lowest BCUT2D eigenvalue weighted by Gasteiger charge is -2.30. The molecule has 1 saturated heterocycles. The van der Waals surface area contributed by atoms with Crippen LogP contribution in [-0.2, 0) is 6.54 Å². The summed E-state index contributed by atoms with van der Waals surface area (Å²) in [5.41, 5.74) is 5.86. The Morgan fingerprint density at radius 3 is 2.73 bits per heavy atom. The van der Waals surface area contributed by atoms with Gasteiger partial charge in [0.25, 0.3) is 0 Å². The van der Waals surface area contributed by atoms with E-state index in [1.807, 2.05) is 30.6 Å². The molecular weight excluding hydrogens is 390 g/mol. The van der Waals surface area contributed by atoms with Crippen molar-refractivity contribution in [1.82, 2.24) is 14.5 Å². The summed E-state index contributed by atoms with van der Waals surface area (Å²) in [6.45, 7) is 3.45. The first-order valence-electron chi connectivity index (χ1n) is 10.6. The van der Waals surface area contributed by atoms with Gasteiger partial charge in [-0.15, -0.1) is 0 Å². The third kappa shape index (κ3) is 3.88. The first-order valence-corrected chi connectivity index (χ1v) is 11.0. The molecule has 0 spiro atoms. The van der Waals surface area contributed by atoms with Crippen LogP contribution in [0.1, 0.15) is 12.8 Å². The highest BCUT2D eigenvalue weighted by molar-refractivity contribution is 6.30. The van der Waals surface area contributed by atoms with Gasteiger partial charge in [-0.3, -0.25) is 4.98 Å². The molecule has 30 heavy (non-hydrogen) atoms. The van der Waals surface area contributed by atoms with E-state index in [-0.39, 0.29) is 0 Å². The van der Waals surface area contributed by atoms with E-state index < -0.39 is 0 Å². The summed E-state index contributed by atoms with van der Waals surface area (Å²) >= 11 is 6.21. The monoisotopic (exact) mass is 415 g/mol. The number of hydrogen-bond acceptors (Lipinski definition) is 2. The van der Waals surface area contributed by atoms with Crippen molar-refractivity contribution in [1.29, 1.82) is 0 Å². The van der Waals surface area contributed by atoms with Gasteiger partial charge >= 0.3 is 0 Å². The summed E-state index contributed by atoms with van der Waals surface area (Å²) in [5, 5.41) is 2.03. The third-order valence-electron chi connectivity index (χ3n) is 6.17. The average Bonchev–Trinajstić information content (AvgIpc) is 3.12. The van der Waals surface area contributed by atoms with Crippen molar-refractivity contribution in [2.45, 2.75) is 19.4 Å². The van der Waals surface area contributed by atoms with Gasteiger partial charge in [0.15, 0.2) is 0 Å². The maximum atomic E-state index is 6.21. The number of likely N-dealkylation sites (tertiary alicyclic amines) is 1. The molecule has 5 rings (SSSR count). The van der Waals surface area contributed by atoms with Crippen LogP contribution in [0.2, 0.25) is 5.02 Å². The topological polar surface area (TPSA) is 21.1 Å². The Balaban J connectivity index is 1.54. The minimum absolute atomic E-state index is 0.698. The summed E-state index contributed by atoms with van der Waals surface area (Å²) in [7, 11) is 2.23. The van der Waals surface area contributed by atoms with E-state index >= 15 is 0 Å². The predicted octanol–water partition coefficient (Wildman–Crippen LogP) is 6.37. The van der Waals surface area contributed by atoms with Crippen LogP contribution < -0.4 is 0 Å². The van der Waals surface area contributed by atoms with Crippen molar-refractivity contribution in [3.05, 3.63) is 78.2 Å². The van der Waals surface area contributed by atoms with Gasteiger partial charge in [0, 0.05) is 64.3 Å². The Labute approximate surface area is 182 Å². The third-order valence-corrected chi connectivity index (χ3v) is 6.41. The van der Waals surface area contributed by atoms with Crippen molar-refractivity contribution in [2.75, 3.05) is 20.1 Å². The van der Waals surface area contributed by atoms with Gasteiger partial charge in [0.05, 0.1) is 0 Å². The smallest absolute Gasteiger partial charge is 0.0486 e. The van der Waals surface area contributed by atoms with E-state index in [0.717, 1.165) is 28.3 Å². The molecule has 1 atom stereocenters. The molecule has 1 aliphatic rings. The number of halogens is 1. The Morgan fingerprint density at radius 1 is 1.00 bits per heavy atom. The first kappa shape index (κ1) is 19.3. The summed E-state index contributed by atoms with van der Waals surface area (Å²) < 4.78 is 2.44. The maximum Gasteiger partial charge on any atom is 0.0486 e. The number of aromatic nitrogens is 2. The highest BCUT2D eigenvalue weighted by atomic mass is 35.5. The Kier molecular flexibility index (Phi) is 5.32. The van der Waals surface area contributed by atoms with E-state index in [1.54, 1.807) is 0 Å². The highest BCUT2D eigenvalue weighted by Gasteiger charge is 2.19. The first-order chi connectivity index (χ1) is 14.7. The fourth-order valence-electron chi connectivity index (χ4n) is 4.74. The molecule has 3 heterocycles. The zero-order valence-corrected chi connectivity index (χ0v) is 18.0. The molecule has 4 heteroatoms. The van der Waals surface area contributed by atoms with E-state index in [4.69, 9.17) is 11.6 Å². The summed E-state index contributed by atoms with van der Waals surface area (Å²) in [4.78, 5) is 7.01. The van der Waals surface area contributed by atoms with Crippen LogP contribution in [-0.4, -0.2) is 34.6 Å². The molecular formula is C26H26ClN3. The number of piperidine rings is 1. The van der Waals surface area contributed by atoms with Crippen LogP contribution in [0.15, 0.2) is 73.2 Å². The number of rotatable bonds is 4. The molecule has 3 nitrogen and oxygen atoms in total. The Hall–Kier alpha value is -2.62. The van der Waals surface area contributed by atoms with Crippen LogP contribution >= 0.6 is 11.6 Å². The van der Waals surface area contributed by atoms with E-state index in [9.17, 15) is 0 Å². The van der Waals surface area contributed by atoms with Gasteiger partial charge in [-0.05, 0) is 62.2 Å². The molecule has 152 valence electrons. The normalized spacial score (nSPS) is 17.5. The van der Waals surface area contributed by atoms with Gasteiger partial charge in [0.2, 0.25) is 0 Å². The van der Waals surface area contributed by atoms with Gasteiger partial charge in [-0.1, -0.05) is 41.9 Å². The second kappa shape index (κ2) is 8.25. The lowest BCUT2D eigenvalue weighted by atomic mass is 9.98. The van der Waals surface area contributed by atoms with Crippen molar-refractivity contribution >= 4 is 22.5 Å². The van der Waals surface area contributed by atoms with Crippen molar-refractivity contribution in [3.8, 4) is 22.3 Å².